The molecule has 186 valence electrons. The first kappa shape index (κ1) is 24.5. The summed E-state index contributed by atoms with van der Waals surface area (Å²) in [4.78, 5) is 7.78. The number of nitriles is 1. The molecule has 1 aliphatic heterocycles. The monoisotopic (exact) mass is 508 g/mol. The summed E-state index contributed by atoms with van der Waals surface area (Å²) < 4.78 is 38.8. The molecule has 0 spiro atoms. The number of halogens is 3. The zero-order valence-corrected chi connectivity index (χ0v) is 20.9. The van der Waals surface area contributed by atoms with Crippen molar-refractivity contribution in [2.45, 2.75) is 51.4 Å². The van der Waals surface area contributed by atoms with Crippen molar-refractivity contribution >= 4 is 39.4 Å². The van der Waals surface area contributed by atoms with Crippen LogP contribution >= 0.6 is 11.3 Å². The predicted octanol–water partition coefficient (Wildman–Crippen LogP) is 6.89. The van der Waals surface area contributed by atoms with Crippen LogP contribution in [0.3, 0.4) is 0 Å². The molecule has 1 N–H and O–H groups in total. The summed E-state index contributed by atoms with van der Waals surface area (Å²) >= 11 is 1.09. The van der Waals surface area contributed by atoms with E-state index in [1.807, 2.05) is 12.1 Å². The van der Waals surface area contributed by atoms with E-state index in [-0.39, 0.29) is 10.9 Å². The highest BCUT2D eigenvalue weighted by Gasteiger charge is 2.29. The average molecular weight is 509 g/mol. The fraction of sp³-hybridized carbons (Fsp3) is 0.357. The van der Waals surface area contributed by atoms with Crippen molar-refractivity contribution in [2.75, 3.05) is 18.4 Å². The normalized spacial score (nSPS) is 16.6. The standard InChI is InChI=1S/C28H27F3N4S/c1-3-21-12-26(25-13-23(14-28(29,30)31)36-27(25)34-21)33-22-6-8-35(9-7-22)16-20-5-4-19-10-18(15-32)11-24(19)17(20)2/h3-5,11-13,22H,1,6-10,14,16H2,2H3,(H,33,34). The molecular weight excluding hydrogens is 481 g/mol. The lowest BCUT2D eigenvalue weighted by atomic mass is 9.97. The van der Waals surface area contributed by atoms with Crippen molar-refractivity contribution in [1.82, 2.24) is 9.88 Å². The number of benzene rings is 1. The first-order valence-corrected chi connectivity index (χ1v) is 12.9. The first-order valence-electron chi connectivity index (χ1n) is 12.1. The van der Waals surface area contributed by atoms with Gasteiger partial charge in [-0.05, 0) is 66.3 Å². The molecule has 1 aliphatic carbocycles. The molecule has 3 aromatic rings. The van der Waals surface area contributed by atoms with E-state index in [4.69, 9.17) is 0 Å². The van der Waals surface area contributed by atoms with Crippen molar-refractivity contribution in [3.05, 3.63) is 69.2 Å². The molecule has 1 fully saturated rings. The molecule has 4 nitrogen and oxygen atoms in total. The lowest BCUT2D eigenvalue weighted by Crippen LogP contribution is -2.38. The van der Waals surface area contributed by atoms with E-state index < -0.39 is 12.6 Å². The van der Waals surface area contributed by atoms with Crippen molar-refractivity contribution < 1.29 is 13.2 Å². The maximum atomic E-state index is 12.9. The Balaban J connectivity index is 1.26. The number of alkyl halides is 3. The van der Waals surface area contributed by atoms with Crippen LogP contribution in [0.1, 0.15) is 45.7 Å². The number of allylic oxidation sites excluding steroid dienone is 1. The van der Waals surface area contributed by atoms with Gasteiger partial charge in [-0.25, -0.2) is 4.98 Å². The minimum absolute atomic E-state index is 0.234. The van der Waals surface area contributed by atoms with Gasteiger partial charge in [0.25, 0.3) is 0 Å². The van der Waals surface area contributed by atoms with E-state index in [0.717, 1.165) is 66.9 Å². The fourth-order valence-corrected chi connectivity index (χ4v) is 6.24. The molecule has 3 heterocycles. The van der Waals surface area contributed by atoms with E-state index >= 15 is 0 Å². The van der Waals surface area contributed by atoms with Crippen molar-refractivity contribution in [3.63, 3.8) is 0 Å². The lowest BCUT2D eigenvalue weighted by Gasteiger charge is -2.33. The molecule has 36 heavy (non-hydrogen) atoms. The summed E-state index contributed by atoms with van der Waals surface area (Å²) in [5, 5.41) is 13.6. The second-order valence-corrected chi connectivity index (χ2v) is 10.7. The van der Waals surface area contributed by atoms with Gasteiger partial charge < -0.3 is 5.32 Å². The van der Waals surface area contributed by atoms with Gasteiger partial charge in [-0.15, -0.1) is 11.3 Å². The van der Waals surface area contributed by atoms with E-state index in [9.17, 15) is 18.4 Å². The number of piperidine rings is 1. The number of anilines is 1. The number of thiophene rings is 1. The molecule has 0 bridgehead atoms. The van der Waals surface area contributed by atoms with Crippen LogP contribution in [0.2, 0.25) is 0 Å². The van der Waals surface area contributed by atoms with Crippen LogP contribution in [-0.2, 0) is 19.4 Å². The summed E-state index contributed by atoms with van der Waals surface area (Å²) in [6, 6.07) is 10.3. The van der Waals surface area contributed by atoms with Crippen LogP contribution < -0.4 is 5.32 Å². The summed E-state index contributed by atoms with van der Waals surface area (Å²) in [5.74, 6) is 0. The van der Waals surface area contributed by atoms with Crippen molar-refractivity contribution in [2.24, 2.45) is 0 Å². The van der Waals surface area contributed by atoms with Gasteiger partial charge in [-0.3, -0.25) is 4.90 Å². The Hall–Kier alpha value is -3.15. The van der Waals surface area contributed by atoms with E-state index in [1.165, 1.54) is 22.3 Å². The summed E-state index contributed by atoms with van der Waals surface area (Å²) in [6.45, 7) is 8.65. The van der Waals surface area contributed by atoms with Gasteiger partial charge >= 0.3 is 6.18 Å². The maximum absolute atomic E-state index is 12.9. The van der Waals surface area contributed by atoms with E-state index in [2.05, 4.69) is 46.9 Å². The third kappa shape index (κ3) is 5.18. The number of fused-ring (bicyclic) bond motifs is 2. The highest BCUT2D eigenvalue weighted by molar-refractivity contribution is 7.18. The maximum Gasteiger partial charge on any atom is 0.393 e. The number of hydrogen-bond donors (Lipinski definition) is 1. The first-order chi connectivity index (χ1) is 17.2. The summed E-state index contributed by atoms with van der Waals surface area (Å²) in [5.41, 5.74) is 7.26. The molecule has 0 unspecified atom stereocenters. The third-order valence-corrected chi connectivity index (χ3v) is 8.09. The molecule has 1 aromatic carbocycles. The van der Waals surface area contributed by atoms with Crippen LogP contribution in [-0.4, -0.2) is 35.2 Å². The van der Waals surface area contributed by atoms with Crippen molar-refractivity contribution in [3.8, 4) is 6.07 Å². The highest BCUT2D eigenvalue weighted by Crippen LogP contribution is 2.35. The van der Waals surface area contributed by atoms with Gasteiger partial charge in [-0.2, -0.15) is 18.4 Å². The Kier molecular flexibility index (Phi) is 6.62. The highest BCUT2D eigenvalue weighted by atomic mass is 32.1. The zero-order valence-electron chi connectivity index (χ0n) is 20.1. The second kappa shape index (κ2) is 9.72. The number of likely N-dealkylation sites (tertiary alicyclic amines) is 1. The van der Waals surface area contributed by atoms with Gasteiger partial charge in [-0.1, -0.05) is 18.7 Å². The van der Waals surface area contributed by atoms with Crippen LogP contribution in [0.4, 0.5) is 18.9 Å². The number of nitrogens with one attached hydrogen (secondary N) is 1. The Bertz CT molecular complexity index is 1390. The SMILES string of the molecule is C=Cc1cc(NC2CCN(Cc3ccc4c(c3C)C=C(C#N)C4)CC2)c2cc(CC(F)(F)F)sc2n1. The van der Waals surface area contributed by atoms with Gasteiger partial charge in [0.05, 0.1) is 18.2 Å². The van der Waals surface area contributed by atoms with Crippen LogP contribution in [0, 0.1) is 18.3 Å². The van der Waals surface area contributed by atoms with Gasteiger partial charge in [0.15, 0.2) is 0 Å². The number of nitrogens with zero attached hydrogens (tertiary/aromatic N) is 3. The van der Waals surface area contributed by atoms with E-state index in [1.54, 1.807) is 12.1 Å². The minimum atomic E-state index is -4.24. The van der Waals surface area contributed by atoms with Crippen LogP contribution in [0.5, 0.6) is 0 Å². The molecule has 2 aliphatic rings. The molecule has 0 amide bonds. The molecule has 8 heteroatoms. The number of aromatic nitrogens is 1. The Labute approximate surface area is 212 Å². The molecule has 1 saturated heterocycles. The van der Waals surface area contributed by atoms with E-state index in [0.29, 0.717) is 10.5 Å². The van der Waals surface area contributed by atoms with Gasteiger partial charge in [0.1, 0.15) is 4.83 Å². The molecule has 0 atom stereocenters. The Morgan fingerprint density at radius 2 is 2.06 bits per heavy atom. The molecule has 2 aromatic heterocycles. The predicted molar refractivity (Wildman–Crippen MR) is 140 cm³/mol. The Morgan fingerprint density at radius 3 is 2.75 bits per heavy atom. The minimum Gasteiger partial charge on any atom is -0.382 e. The zero-order chi connectivity index (χ0) is 25.4. The molecule has 0 radical (unpaired) electrons. The van der Waals surface area contributed by atoms with Crippen molar-refractivity contribution in [1.29, 1.82) is 5.26 Å². The second-order valence-electron chi connectivity index (χ2n) is 9.60. The van der Waals surface area contributed by atoms with Crippen LogP contribution in [0.15, 0.2) is 36.4 Å². The van der Waals surface area contributed by atoms with Gasteiger partial charge in [0.2, 0.25) is 0 Å². The fourth-order valence-electron chi connectivity index (χ4n) is 5.15. The molecule has 0 saturated carbocycles. The Morgan fingerprint density at radius 1 is 1.28 bits per heavy atom. The number of hydrogen-bond acceptors (Lipinski definition) is 5. The summed E-state index contributed by atoms with van der Waals surface area (Å²) in [6.07, 6.45) is 1.07. The largest absolute Gasteiger partial charge is 0.393 e. The summed E-state index contributed by atoms with van der Waals surface area (Å²) in [7, 11) is 0. The number of rotatable bonds is 6. The average Bonchev–Trinajstić information content (AvgIpc) is 3.44. The lowest BCUT2D eigenvalue weighted by molar-refractivity contribution is -0.126. The quantitative estimate of drug-likeness (QED) is 0.394. The third-order valence-electron chi connectivity index (χ3n) is 7.06. The molecule has 5 rings (SSSR count). The topological polar surface area (TPSA) is 52.0 Å². The molecular formula is C28H27F3N4S. The van der Waals surface area contributed by atoms with Crippen LogP contribution in [0.25, 0.3) is 22.4 Å². The number of pyridine rings is 1. The smallest absolute Gasteiger partial charge is 0.382 e. The van der Waals surface area contributed by atoms with Gasteiger partial charge in [0, 0.05) is 53.6 Å².